The molecule has 1 N–H and O–H groups in total. The van der Waals surface area contributed by atoms with Crippen molar-refractivity contribution in [2.24, 2.45) is 0 Å². The van der Waals surface area contributed by atoms with Crippen LogP contribution in [0.2, 0.25) is 0 Å². The minimum absolute atomic E-state index is 0.0556. The van der Waals surface area contributed by atoms with E-state index in [2.05, 4.69) is 5.32 Å². The number of hydrogen-bond donors (Lipinski definition) is 1. The summed E-state index contributed by atoms with van der Waals surface area (Å²) in [5.41, 5.74) is -0.877. The summed E-state index contributed by atoms with van der Waals surface area (Å²) in [4.78, 5) is 13.2. The summed E-state index contributed by atoms with van der Waals surface area (Å²) in [7, 11) is 3.43. The van der Waals surface area contributed by atoms with Gasteiger partial charge >= 0.3 is 6.03 Å². The van der Waals surface area contributed by atoms with Gasteiger partial charge in [-0.2, -0.15) is 0 Å². The first-order valence-corrected chi connectivity index (χ1v) is 6.01. The first-order chi connectivity index (χ1) is 7.56. The Bertz CT molecular complexity index is 282. The van der Waals surface area contributed by atoms with E-state index < -0.39 is 11.1 Å². The van der Waals surface area contributed by atoms with Gasteiger partial charge in [-0.15, -0.1) is 10.3 Å². The summed E-state index contributed by atoms with van der Waals surface area (Å²) in [6.45, 7) is 7.71. The first-order valence-electron chi connectivity index (χ1n) is 6.01. The molecule has 1 aliphatic heterocycles. The summed E-state index contributed by atoms with van der Waals surface area (Å²) in [5.74, 6) is 0. The highest BCUT2D eigenvalue weighted by molar-refractivity contribution is 5.73. The van der Waals surface area contributed by atoms with E-state index in [1.807, 2.05) is 27.7 Å². The average molecular weight is 242 g/mol. The molecule has 1 heterocycles. The van der Waals surface area contributed by atoms with Crippen molar-refractivity contribution in [2.75, 3.05) is 14.1 Å². The van der Waals surface area contributed by atoms with Gasteiger partial charge in [0.15, 0.2) is 0 Å². The highest BCUT2D eigenvalue weighted by Gasteiger charge is 2.46. The van der Waals surface area contributed by atoms with Gasteiger partial charge in [-0.25, -0.2) is 4.79 Å². The van der Waals surface area contributed by atoms with Crippen LogP contribution in [0.25, 0.3) is 0 Å². The predicted octanol–water partition coefficient (Wildman–Crippen LogP) is 1.62. The second-order valence-corrected chi connectivity index (χ2v) is 6.37. The molecule has 0 unspecified atom stereocenters. The fourth-order valence-electron chi connectivity index (χ4n) is 2.67. The zero-order valence-electron chi connectivity index (χ0n) is 11.7. The zero-order valence-corrected chi connectivity index (χ0v) is 11.7. The first kappa shape index (κ1) is 14.3. The maximum absolute atomic E-state index is 12.1. The molecule has 5 heteroatoms. The molecule has 0 atom stereocenters. The Labute approximate surface area is 104 Å². The highest BCUT2D eigenvalue weighted by atomic mass is 16.5. The second-order valence-electron chi connectivity index (χ2n) is 6.37. The van der Waals surface area contributed by atoms with Crippen LogP contribution >= 0.6 is 0 Å². The fourth-order valence-corrected chi connectivity index (χ4v) is 2.67. The van der Waals surface area contributed by atoms with Crippen LogP contribution < -0.4 is 5.32 Å². The molecular weight excluding hydrogens is 218 g/mol. The van der Waals surface area contributed by atoms with E-state index in [0.717, 1.165) is 5.06 Å². The Morgan fingerprint density at radius 3 is 1.94 bits per heavy atom. The van der Waals surface area contributed by atoms with Crippen molar-refractivity contribution >= 4 is 6.03 Å². The SMILES string of the molecule is CN(C)C(=O)NC1CC(C)(C)N([O])C(C)(C)C1. The number of piperidine rings is 1. The minimum atomic E-state index is -0.438. The molecule has 1 fully saturated rings. The summed E-state index contributed by atoms with van der Waals surface area (Å²) in [5, 5.41) is 16.3. The molecule has 1 saturated heterocycles. The van der Waals surface area contributed by atoms with E-state index >= 15 is 0 Å². The molecule has 0 saturated carbocycles. The van der Waals surface area contributed by atoms with Crippen LogP contribution in [0, 0.1) is 0 Å². The number of nitrogens with zero attached hydrogens (tertiary/aromatic N) is 2. The number of hydrogen-bond acceptors (Lipinski definition) is 2. The fraction of sp³-hybridized carbons (Fsp3) is 0.917. The van der Waals surface area contributed by atoms with Crippen LogP contribution in [0.3, 0.4) is 0 Å². The van der Waals surface area contributed by atoms with Crippen LogP contribution in [0.1, 0.15) is 40.5 Å². The Balaban J connectivity index is 2.75. The van der Waals surface area contributed by atoms with E-state index in [1.54, 1.807) is 14.1 Å². The Morgan fingerprint density at radius 1 is 1.18 bits per heavy atom. The number of amides is 2. The van der Waals surface area contributed by atoms with Crippen molar-refractivity contribution < 1.29 is 10.0 Å². The lowest BCUT2D eigenvalue weighted by Crippen LogP contribution is -2.62. The molecule has 0 aromatic heterocycles. The van der Waals surface area contributed by atoms with Crippen molar-refractivity contribution in [1.82, 2.24) is 15.3 Å². The number of hydroxylamine groups is 2. The number of carbonyl (C=O) groups is 1. The molecule has 0 bridgehead atoms. The van der Waals surface area contributed by atoms with Crippen LogP contribution in [-0.4, -0.2) is 47.2 Å². The van der Waals surface area contributed by atoms with Crippen molar-refractivity contribution in [3.05, 3.63) is 0 Å². The quantitative estimate of drug-likeness (QED) is 0.759. The molecule has 1 rings (SSSR count). The lowest BCUT2D eigenvalue weighted by atomic mass is 9.79. The van der Waals surface area contributed by atoms with Crippen molar-refractivity contribution in [1.29, 1.82) is 0 Å². The standard InChI is InChI=1S/C12H24N3O2/c1-11(2)7-9(13-10(16)14(5)6)8-12(3,4)15(11)17/h9H,7-8H2,1-6H3,(H,13,16). The maximum atomic E-state index is 12.1. The lowest BCUT2D eigenvalue weighted by Gasteiger charge is -2.50. The third kappa shape index (κ3) is 3.10. The monoisotopic (exact) mass is 242 g/mol. The highest BCUT2D eigenvalue weighted by Crippen LogP contribution is 2.36. The molecule has 2 amide bonds. The summed E-state index contributed by atoms with van der Waals surface area (Å²) < 4.78 is 0. The topological polar surface area (TPSA) is 55.5 Å². The average Bonchev–Trinajstić information content (AvgIpc) is 2.12. The van der Waals surface area contributed by atoms with E-state index in [-0.39, 0.29) is 12.1 Å². The van der Waals surface area contributed by atoms with E-state index in [9.17, 15) is 10.0 Å². The number of rotatable bonds is 1. The molecular formula is C12H24N3O2. The number of nitrogens with one attached hydrogen (secondary N) is 1. The van der Waals surface area contributed by atoms with Crippen molar-refractivity contribution in [2.45, 2.75) is 57.7 Å². The molecule has 5 nitrogen and oxygen atoms in total. The third-order valence-corrected chi connectivity index (χ3v) is 3.33. The zero-order chi connectivity index (χ0) is 13.4. The van der Waals surface area contributed by atoms with E-state index in [4.69, 9.17) is 0 Å². The van der Waals surface area contributed by atoms with Gasteiger partial charge in [-0.05, 0) is 40.5 Å². The maximum Gasteiger partial charge on any atom is 0.317 e. The van der Waals surface area contributed by atoms with E-state index in [0.29, 0.717) is 12.8 Å². The Hall–Kier alpha value is -0.810. The van der Waals surface area contributed by atoms with Gasteiger partial charge in [0.2, 0.25) is 0 Å². The third-order valence-electron chi connectivity index (χ3n) is 3.33. The molecule has 0 aliphatic carbocycles. The Morgan fingerprint density at radius 2 is 1.59 bits per heavy atom. The van der Waals surface area contributed by atoms with Crippen molar-refractivity contribution in [3.8, 4) is 0 Å². The normalized spacial score (nSPS) is 24.4. The smallest absolute Gasteiger partial charge is 0.317 e. The number of urea groups is 1. The summed E-state index contributed by atoms with van der Waals surface area (Å²) in [6.07, 6.45) is 1.36. The summed E-state index contributed by atoms with van der Waals surface area (Å²) in [6, 6.07) is -0.0407. The largest absolute Gasteiger partial charge is 0.335 e. The predicted molar refractivity (Wildman–Crippen MR) is 65.9 cm³/mol. The van der Waals surface area contributed by atoms with Crippen molar-refractivity contribution in [3.63, 3.8) is 0 Å². The Kier molecular flexibility index (Phi) is 3.74. The van der Waals surface area contributed by atoms with Gasteiger partial charge < -0.3 is 10.2 Å². The van der Waals surface area contributed by atoms with Gasteiger partial charge in [0.25, 0.3) is 0 Å². The minimum Gasteiger partial charge on any atom is -0.335 e. The molecule has 1 aliphatic rings. The van der Waals surface area contributed by atoms with Gasteiger partial charge in [-0.3, -0.25) is 0 Å². The molecule has 0 spiro atoms. The van der Waals surface area contributed by atoms with Gasteiger partial charge in [0, 0.05) is 31.2 Å². The molecule has 1 radical (unpaired) electrons. The molecule has 0 aromatic carbocycles. The van der Waals surface area contributed by atoms with Crippen LogP contribution in [0.5, 0.6) is 0 Å². The lowest BCUT2D eigenvalue weighted by molar-refractivity contribution is -0.289. The number of carbonyl (C=O) groups excluding carboxylic acids is 1. The van der Waals surface area contributed by atoms with Crippen LogP contribution in [0.4, 0.5) is 4.79 Å². The van der Waals surface area contributed by atoms with Gasteiger partial charge in [-0.1, -0.05) is 0 Å². The molecule has 17 heavy (non-hydrogen) atoms. The van der Waals surface area contributed by atoms with Crippen LogP contribution in [-0.2, 0) is 5.21 Å². The second kappa shape index (κ2) is 4.46. The van der Waals surface area contributed by atoms with Crippen LogP contribution in [0.15, 0.2) is 0 Å². The van der Waals surface area contributed by atoms with E-state index in [1.165, 1.54) is 4.90 Å². The van der Waals surface area contributed by atoms with Gasteiger partial charge in [0.05, 0.1) is 0 Å². The molecule has 0 aromatic rings. The van der Waals surface area contributed by atoms with Gasteiger partial charge in [0.1, 0.15) is 0 Å². The molecule has 99 valence electrons. The summed E-state index contributed by atoms with van der Waals surface area (Å²) >= 11 is 0.